The summed E-state index contributed by atoms with van der Waals surface area (Å²) in [7, 11) is 0. The number of rotatable bonds is 5. The Morgan fingerprint density at radius 3 is 2.57 bits per heavy atom. The summed E-state index contributed by atoms with van der Waals surface area (Å²) in [4.78, 5) is 12.9. The Kier molecular flexibility index (Phi) is 4.95. The van der Waals surface area contributed by atoms with Gasteiger partial charge in [0.05, 0.1) is 16.3 Å². The van der Waals surface area contributed by atoms with E-state index in [9.17, 15) is 4.79 Å². The lowest BCUT2D eigenvalue weighted by Gasteiger charge is -2.13. The Morgan fingerprint density at radius 2 is 1.83 bits per heavy atom. The number of thiophene rings is 1. The van der Waals surface area contributed by atoms with Crippen molar-refractivity contribution in [3.63, 3.8) is 0 Å². The van der Waals surface area contributed by atoms with Gasteiger partial charge in [-0.1, -0.05) is 48.0 Å². The maximum absolute atomic E-state index is 12.2. The van der Waals surface area contributed by atoms with Gasteiger partial charge in [0.15, 0.2) is 0 Å². The Morgan fingerprint density at radius 1 is 1.00 bits per heavy atom. The molecular weight excluding hydrogens is 328 g/mol. The van der Waals surface area contributed by atoms with Gasteiger partial charge >= 0.3 is 0 Å². The molecule has 0 saturated heterocycles. The highest BCUT2D eigenvalue weighted by Crippen LogP contribution is 2.27. The van der Waals surface area contributed by atoms with Crippen LogP contribution in [0.4, 0.5) is 11.4 Å². The third-order valence-electron chi connectivity index (χ3n) is 3.30. The number of halogens is 1. The van der Waals surface area contributed by atoms with Gasteiger partial charge in [-0.25, -0.2) is 0 Å². The second kappa shape index (κ2) is 7.31. The van der Waals surface area contributed by atoms with Gasteiger partial charge in [-0.05, 0) is 35.2 Å². The molecule has 23 heavy (non-hydrogen) atoms. The Balaban J connectivity index is 1.76. The summed E-state index contributed by atoms with van der Waals surface area (Å²) in [6.07, 6.45) is 0. The maximum atomic E-state index is 12.2. The Bertz CT molecular complexity index is 788. The predicted octanol–water partition coefficient (Wildman–Crippen LogP) is 5.27. The van der Waals surface area contributed by atoms with Crippen molar-refractivity contribution < 1.29 is 4.79 Å². The topological polar surface area (TPSA) is 41.1 Å². The van der Waals surface area contributed by atoms with Crippen LogP contribution in [0.15, 0.2) is 66.0 Å². The lowest BCUT2D eigenvalue weighted by atomic mass is 10.2. The van der Waals surface area contributed by atoms with E-state index in [1.807, 2.05) is 47.8 Å². The molecule has 0 aliphatic carbocycles. The van der Waals surface area contributed by atoms with Crippen LogP contribution < -0.4 is 10.6 Å². The van der Waals surface area contributed by atoms with Crippen LogP contribution in [0.25, 0.3) is 0 Å². The standard InChI is InChI=1S/C18H15ClN2OS/c19-14-8-9-15(20-12-13-5-2-1-3-6-13)16(11-14)21-18(22)17-7-4-10-23-17/h1-11,20H,12H2,(H,21,22). The number of nitrogens with one attached hydrogen (secondary N) is 2. The number of carbonyl (C=O) groups excluding carboxylic acids is 1. The number of amides is 1. The fraction of sp³-hybridized carbons (Fsp3) is 0.0556. The number of benzene rings is 2. The highest BCUT2D eigenvalue weighted by Gasteiger charge is 2.10. The van der Waals surface area contributed by atoms with E-state index >= 15 is 0 Å². The van der Waals surface area contributed by atoms with Gasteiger partial charge in [-0.15, -0.1) is 11.3 Å². The van der Waals surface area contributed by atoms with Crippen molar-refractivity contribution in [3.8, 4) is 0 Å². The van der Waals surface area contributed by atoms with Gasteiger partial charge in [-0.2, -0.15) is 0 Å². The maximum Gasteiger partial charge on any atom is 0.265 e. The molecule has 3 aromatic rings. The van der Waals surface area contributed by atoms with Gasteiger partial charge in [0.2, 0.25) is 0 Å². The highest BCUT2D eigenvalue weighted by molar-refractivity contribution is 7.12. The molecule has 2 N–H and O–H groups in total. The lowest BCUT2D eigenvalue weighted by Crippen LogP contribution is -2.12. The van der Waals surface area contributed by atoms with Gasteiger partial charge < -0.3 is 10.6 Å². The molecule has 116 valence electrons. The minimum absolute atomic E-state index is 0.134. The number of hydrogen-bond donors (Lipinski definition) is 2. The third-order valence-corrected chi connectivity index (χ3v) is 4.40. The molecule has 1 amide bonds. The normalized spacial score (nSPS) is 10.3. The zero-order valence-corrected chi connectivity index (χ0v) is 13.8. The van der Waals surface area contributed by atoms with Crippen molar-refractivity contribution in [1.82, 2.24) is 0 Å². The van der Waals surface area contributed by atoms with Crippen LogP contribution in [0.3, 0.4) is 0 Å². The Hall–Kier alpha value is -2.30. The van der Waals surface area contributed by atoms with Crippen molar-refractivity contribution in [3.05, 3.63) is 81.5 Å². The minimum Gasteiger partial charge on any atom is -0.379 e. The molecule has 0 saturated carbocycles. The molecule has 0 spiro atoms. The van der Waals surface area contributed by atoms with Crippen molar-refractivity contribution >= 4 is 40.2 Å². The molecule has 2 aromatic carbocycles. The quantitative estimate of drug-likeness (QED) is 0.663. The van der Waals surface area contributed by atoms with E-state index in [1.54, 1.807) is 18.2 Å². The van der Waals surface area contributed by atoms with Crippen LogP contribution in [-0.2, 0) is 6.54 Å². The smallest absolute Gasteiger partial charge is 0.265 e. The summed E-state index contributed by atoms with van der Waals surface area (Å²) in [5.41, 5.74) is 2.67. The van der Waals surface area contributed by atoms with Crippen molar-refractivity contribution in [2.45, 2.75) is 6.54 Å². The van der Waals surface area contributed by atoms with Crippen LogP contribution in [-0.4, -0.2) is 5.91 Å². The molecule has 0 bridgehead atoms. The molecule has 0 aliphatic rings. The molecule has 0 radical (unpaired) electrons. The molecule has 0 fully saturated rings. The average molecular weight is 343 g/mol. The van der Waals surface area contributed by atoms with E-state index < -0.39 is 0 Å². The summed E-state index contributed by atoms with van der Waals surface area (Å²) in [6, 6.07) is 19.1. The minimum atomic E-state index is -0.134. The molecule has 3 rings (SSSR count). The van der Waals surface area contributed by atoms with Crippen LogP contribution >= 0.6 is 22.9 Å². The SMILES string of the molecule is O=C(Nc1cc(Cl)ccc1NCc1ccccc1)c1cccs1. The highest BCUT2D eigenvalue weighted by atomic mass is 35.5. The van der Waals surface area contributed by atoms with Gasteiger partial charge in [0.25, 0.3) is 5.91 Å². The van der Waals surface area contributed by atoms with E-state index in [0.717, 1.165) is 11.3 Å². The summed E-state index contributed by atoms with van der Waals surface area (Å²) in [6.45, 7) is 0.671. The fourth-order valence-electron chi connectivity index (χ4n) is 2.16. The van der Waals surface area contributed by atoms with Gasteiger partial charge in [0.1, 0.15) is 0 Å². The first-order valence-corrected chi connectivity index (χ1v) is 8.40. The molecule has 1 aromatic heterocycles. The van der Waals surface area contributed by atoms with Crippen molar-refractivity contribution in [2.24, 2.45) is 0 Å². The largest absolute Gasteiger partial charge is 0.379 e. The first-order valence-electron chi connectivity index (χ1n) is 7.14. The monoisotopic (exact) mass is 342 g/mol. The lowest BCUT2D eigenvalue weighted by molar-refractivity contribution is 0.103. The summed E-state index contributed by atoms with van der Waals surface area (Å²) < 4.78 is 0. The molecular formula is C18H15ClN2OS. The third kappa shape index (κ3) is 4.12. The van der Waals surface area contributed by atoms with E-state index in [1.165, 1.54) is 11.3 Å². The molecule has 3 nitrogen and oxygen atoms in total. The summed E-state index contributed by atoms with van der Waals surface area (Å²) in [5.74, 6) is -0.134. The van der Waals surface area contributed by atoms with Crippen molar-refractivity contribution in [2.75, 3.05) is 10.6 Å². The number of anilines is 2. The second-order valence-electron chi connectivity index (χ2n) is 4.96. The van der Waals surface area contributed by atoms with E-state index in [-0.39, 0.29) is 5.91 Å². The zero-order valence-electron chi connectivity index (χ0n) is 12.3. The van der Waals surface area contributed by atoms with E-state index in [4.69, 9.17) is 11.6 Å². The van der Waals surface area contributed by atoms with Crippen LogP contribution in [0.1, 0.15) is 15.2 Å². The average Bonchev–Trinajstić information content (AvgIpc) is 3.10. The molecule has 0 aliphatic heterocycles. The van der Waals surface area contributed by atoms with Gasteiger partial charge in [-0.3, -0.25) is 4.79 Å². The first-order chi connectivity index (χ1) is 11.2. The first kappa shape index (κ1) is 15.6. The van der Waals surface area contributed by atoms with Crippen LogP contribution in [0.5, 0.6) is 0 Å². The fourth-order valence-corrected chi connectivity index (χ4v) is 2.95. The molecule has 0 unspecified atom stereocenters. The van der Waals surface area contributed by atoms with E-state index in [0.29, 0.717) is 22.1 Å². The second-order valence-corrected chi connectivity index (χ2v) is 6.34. The zero-order chi connectivity index (χ0) is 16.1. The molecule has 5 heteroatoms. The van der Waals surface area contributed by atoms with Gasteiger partial charge in [0, 0.05) is 11.6 Å². The van der Waals surface area contributed by atoms with Crippen LogP contribution in [0.2, 0.25) is 5.02 Å². The van der Waals surface area contributed by atoms with E-state index in [2.05, 4.69) is 10.6 Å². The predicted molar refractivity (Wildman–Crippen MR) is 97.5 cm³/mol. The summed E-state index contributed by atoms with van der Waals surface area (Å²) in [5, 5.41) is 8.71. The van der Waals surface area contributed by atoms with Crippen LogP contribution in [0, 0.1) is 0 Å². The van der Waals surface area contributed by atoms with Crippen molar-refractivity contribution in [1.29, 1.82) is 0 Å². The Labute approximate surface area is 143 Å². The summed E-state index contributed by atoms with van der Waals surface area (Å²) >= 11 is 7.47. The molecule has 0 atom stereocenters. The molecule has 1 heterocycles. The number of carbonyl (C=O) groups is 1. The number of hydrogen-bond acceptors (Lipinski definition) is 3.